The van der Waals surface area contributed by atoms with Crippen molar-refractivity contribution in [3.63, 3.8) is 0 Å². The Morgan fingerprint density at radius 3 is 2.52 bits per heavy atom. The summed E-state index contributed by atoms with van der Waals surface area (Å²) >= 11 is 0. The van der Waals surface area contributed by atoms with E-state index in [9.17, 15) is 9.59 Å². The van der Waals surface area contributed by atoms with E-state index in [0.29, 0.717) is 24.8 Å². The molecule has 0 aromatic heterocycles. The molecule has 2 unspecified atom stereocenters. The highest BCUT2D eigenvalue weighted by atomic mass is 16.4. The first-order valence-corrected chi connectivity index (χ1v) is 8.28. The fraction of sp³-hybridized carbons (Fsp3) is 0.875. The van der Waals surface area contributed by atoms with E-state index in [2.05, 4.69) is 11.9 Å². The van der Waals surface area contributed by atoms with Crippen LogP contribution in [-0.2, 0) is 9.59 Å². The first-order chi connectivity index (χ1) is 10.1. The third-order valence-electron chi connectivity index (χ3n) is 5.79. The van der Waals surface area contributed by atoms with Crippen LogP contribution in [-0.4, -0.2) is 59.5 Å². The zero-order chi connectivity index (χ0) is 15.0. The zero-order valence-electron chi connectivity index (χ0n) is 12.8. The molecule has 5 heteroatoms. The minimum absolute atomic E-state index is 0.0519. The summed E-state index contributed by atoms with van der Waals surface area (Å²) in [5.74, 6) is -0.275. The van der Waals surface area contributed by atoms with Crippen LogP contribution in [0.25, 0.3) is 0 Å². The topological polar surface area (TPSA) is 60.9 Å². The van der Waals surface area contributed by atoms with Crippen LogP contribution in [0, 0.1) is 17.8 Å². The SMILES string of the molecule is CN1CCCC2CN(C(=O)[C@@H]3CC[C@H](C(=O)O)C3)CCC21. The van der Waals surface area contributed by atoms with Gasteiger partial charge in [0, 0.05) is 25.0 Å². The van der Waals surface area contributed by atoms with Crippen LogP contribution in [0.3, 0.4) is 0 Å². The summed E-state index contributed by atoms with van der Waals surface area (Å²) in [6.07, 6.45) is 5.47. The number of carboxylic acids is 1. The van der Waals surface area contributed by atoms with E-state index < -0.39 is 5.97 Å². The molecule has 2 heterocycles. The maximum absolute atomic E-state index is 12.6. The summed E-state index contributed by atoms with van der Waals surface area (Å²) in [5, 5.41) is 9.08. The number of carbonyl (C=O) groups is 2. The van der Waals surface area contributed by atoms with Crippen LogP contribution in [0.1, 0.15) is 38.5 Å². The number of hydrogen-bond acceptors (Lipinski definition) is 3. The standard InChI is InChI=1S/C16H26N2O3/c1-17-7-2-3-13-10-18(8-6-14(13)17)15(19)11-4-5-12(9-11)16(20)21/h11-14H,2-10H2,1H3,(H,20,21)/t11-,12+,13?,14?/m1/s1. The zero-order valence-corrected chi connectivity index (χ0v) is 12.8. The van der Waals surface area contributed by atoms with Gasteiger partial charge in [-0.15, -0.1) is 0 Å². The van der Waals surface area contributed by atoms with Gasteiger partial charge in [-0.1, -0.05) is 0 Å². The lowest BCUT2D eigenvalue weighted by Gasteiger charge is -2.46. The van der Waals surface area contributed by atoms with E-state index in [-0.39, 0.29) is 17.7 Å². The Bertz CT molecular complexity index is 426. The summed E-state index contributed by atoms with van der Waals surface area (Å²) in [6, 6.07) is 0.637. The molecular formula is C16H26N2O3. The number of likely N-dealkylation sites (tertiary alicyclic amines) is 2. The van der Waals surface area contributed by atoms with Crippen LogP contribution in [0.5, 0.6) is 0 Å². The van der Waals surface area contributed by atoms with E-state index in [1.54, 1.807) is 0 Å². The molecule has 0 radical (unpaired) electrons. The van der Waals surface area contributed by atoms with Gasteiger partial charge in [-0.3, -0.25) is 9.59 Å². The Labute approximate surface area is 126 Å². The van der Waals surface area contributed by atoms with Gasteiger partial charge in [0.2, 0.25) is 5.91 Å². The second kappa shape index (κ2) is 5.95. The Balaban J connectivity index is 1.58. The van der Waals surface area contributed by atoms with Gasteiger partial charge in [-0.05, 0) is 58.0 Å². The lowest BCUT2D eigenvalue weighted by atomic mass is 9.83. The smallest absolute Gasteiger partial charge is 0.306 e. The first-order valence-electron chi connectivity index (χ1n) is 8.28. The molecule has 0 aromatic rings. The van der Waals surface area contributed by atoms with Gasteiger partial charge in [0.25, 0.3) is 0 Å². The van der Waals surface area contributed by atoms with Gasteiger partial charge in [0.1, 0.15) is 0 Å². The third kappa shape index (κ3) is 2.93. The molecule has 2 aliphatic heterocycles. The van der Waals surface area contributed by atoms with Crippen LogP contribution >= 0.6 is 0 Å². The van der Waals surface area contributed by atoms with Gasteiger partial charge in [-0.2, -0.15) is 0 Å². The molecule has 21 heavy (non-hydrogen) atoms. The number of fused-ring (bicyclic) bond motifs is 1. The number of aliphatic carboxylic acids is 1. The summed E-state index contributed by atoms with van der Waals surface area (Å²) < 4.78 is 0. The maximum atomic E-state index is 12.6. The molecule has 1 N–H and O–H groups in total. The number of carbonyl (C=O) groups excluding carboxylic acids is 1. The highest BCUT2D eigenvalue weighted by Gasteiger charge is 2.40. The fourth-order valence-corrected chi connectivity index (χ4v) is 4.54. The summed E-state index contributed by atoms with van der Waals surface area (Å²) in [4.78, 5) is 28.2. The molecule has 3 aliphatic rings. The second-order valence-electron chi connectivity index (χ2n) is 7.07. The van der Waals surface area contributed by atoms with E-state index in [1.807, 2.05) is 4.90 Å². The van der Waals surface area contributed by atoms with Gasteiger partial charge in [0.15, 0.2) is 0 Å². The molecule has 5 nitrogen and oxygen atoms in total. The fourth-order valence-electron chi connectivity index (χ4n) is 4.54. The molecule has 2 saturated heterocycles. The lowest BCUT2D eigenvalue weighted by Crippen LogP contribution is -2.54. The third-order valence-corrected chi connectivity index (χ3v) is 5.79. The normalized spacial score (nSPS) is 37.3. The van der Waals surface area contributed by atoms with Gasteiger partial charge in [-0.25, -0.2) is 0 Å². The molecule has 1 amide bonds. The van der Waals surface area contributed by atoms with Crippen LogP contribution in [0.15, 0.2) is 0 Å². The second-order valence-corrected chi connectivity index (χ2v) is 7.07. The Hall–Kier alpha value is -1.10. The maximum Gasteiger partial charge on any atom is 0.306 e. The molecule has 4 atom stereocenters. The minimum atomic E-state index is -0.738. The Morgan fingerprint density at radius 2 is 1.81 bits per heavy atom. The first kappa shape index (κ1) is 14.8. The van der Waals surface area contributed by atoms with Crippen molar-refractivity contribution in [2.75, 3.05) is 26.7 Å². The molecule has 0 spiro atoms. The number of carboxylic acid groups (broad SMARTS) is 1. The van der Waals surface area contributed by atoms with Crippen LogP contribution < -0.4 is 0 Å². The molecule has 0 aromatic carbocycles. The van der Waals surface area contributed by atoms with E-state index >= 15 is 0 Å². The molecular weight excluding hydrogens is 268 g/mol. The molecule has 1 aliphatic carbocycles. The van der Waals surface area contributed by atoms with Gasteiger partial charge >= 0.3 is 5.97 Å². The minimum Gasteiger partial charge on any atom is -0.481 e. The predicted octanol–water partition coefficient (Wildman–Crippen LogP) is 1.43. The average Bonchev–Trinajstić information content (AvgIpc) is 2.96. The number of rotatable bonds is 2. The largest absolute Gasteiger partial charge is 0.481 e. The van der Waals surface area contributed by atoms with Crippen molar-refractivity contribution in [2.45, 2.75) is 44.6 Å². The molecule has 0 bridgehead atoms. The number of hydrogen-bond donors (Lipinski definition) is 1. The number of nitrogens with zero attached hydrogens (tertiary/aromatic N) is 2. The summed E-state index contributed by atoms with van der Waals surface area (Å²) in [6.45, 7) is 2.90. The van der Waals surface area contributed by atoms with E-state index in [0.717, 1.165) is 25.9 Å². The van der Waals surface area contributed by atoms with E-state index in [4.69, 9.17) is 5.11 Å². The van der Waals surface area contributed by atoms with Crippen molar-refractivity contribution in [1.29, 1.82) is 0 Å². The average molecular weight is 294 g/mol. The van der Waals surface area contributed by atoms with Crippen LogP contribution in [0.4, 0.5) is 0 Å². The quantitative estimate of drug-likeness (QED) is 0.837. The van der Waals surface area contributed by atoms with Crippen LogP contribution in [0.2, 0.25) is 0 Å². The lowest BCUT2D eigenvalue weighted by molar-refractivity contribution is -0.142. The highest BCUT2D eigenvalue weighted by molar-refractivity contribution is 5.81. The molecule has 3 rings (SSSR count). The van der Waals surface area contributed by atoms with Crippen molar-refractivity contribution in [1.82, 2.24) is 9.80 Å². The summed E-state index contributed by atoms with van der Waals surface area (Å²) in [5.41, 5.74) is 0. The Kier molecular flexibility index (Phi) is 4.20. The van der Waals surface area contributed by atoms with Gasteiger partial charge < -0.3 is 14.9 Å². The highest BCUT2D eigenvalue weighted by Crippen LogP contribution is 2.35. The van der Waals surface area contributed by atoms with Gasteiger partial charge in [0.05, 0.1) is 5.92 Å². The summed E-state index contributed by atoms with van der Waals surface area (Å²) in [7, 11) is 2.20. The van der Waals surface area contributed by atoms with Crippen molar-refractivity contribution in [3.05, 3.63) is 0 Å². The van der Waals surface area contributed by atoms with Crippen molar-refractivity contribution >= 4 is 11.9 Å². The number of piperidine rings is 2. The van der Waals surface area contributed by atoms with Crippen molar-refractivity contribution in [2.24, 2.45) is 17.8 Å². The van der Waals surface area contributed by atoms with E-state index in [1.165, 1.54) is 19.4 Å². The molecule has 1 saturated carbocycles. The Morgan fingerprint density at radius 1 is 1.05 bits per heavy atom. The van der Waals surface area contributed by atoms with Crippen molar-refractivity contribution < 1.29 is 14.7 Å². The predicted molar refractivity (Wildman–Crippen MR) is 78.8 cm³/mol. The van der Waals surface area contributed by atoms with Crippen molar-refractivity contribution in [3.8, 4) is 0 Å². The molecule has 3 fully saturated rings. The monoisotopic (exact) mass is 294 g/mol. The molecule has 118 valence electrons. The number of amides is 1.